The summed E-state index contributed by atoms with van der Waals surface area (Å²) in [7, 11) is 0. The molecule has 0 unspecified atom stereocenters. The Kier molecular flexibility index (Phi) is 3.73. The summed E-state index contributed by atoms with van der Waals surface area (Å²) < 4.78 is 31.1. The fourth-order valence-corrected chi connectivity index (χ4v) is 1.89. The second-order valence-corrected chi connectivity index (χ2v) is 4.49. The highest BCUT2D eigenvalue weighted by Gasteiger charge is 2.16. The van der Waals surface area contributed by atoms with Crippen LogP contribution in [0.1, 0.15) is 17.9 Å². The zero-order chi connectivity index (χ0) is 15.5. The van der Waals surface area contributed by atoms with Gasteiger partial charge in [0.1, 0.15) is 0 Å². The van der Waals surface area contributed by atoms with Crippen molar-refractivity contribution in [3.05, 3.63) is 64.7 Å². The van der Waals surface area contributed by atoms with Crippen LogP contribution in [0.4, 0.5) is 8.78 Å². The largest absolute Gasteiger partial charge is 0.415 e. The second-order valence-electron chi connectivity index (χ2n) is 4.49. The first-order chi connectivity index (χ1) is 10.6. The van der Waals surface area contributed by atoms with E-state index in [-0.39, 0.29) is 11.4 Å². The molecule has 0 spiro atoms. The van der Waals surface area contributed by atoms with Crippen LogP contribution in [0, 0.1) is 0 Å². The molecule has 8 heteroatoms. The van der Waals surface area contributed by atoms with E-state index in [0.717, 1.165) is 5.56 Å². The van der Waals surface area contributed by atoms with Gasteiger partial charge in [0.05, 0.1) is 12.9 Å². The molecule has 0 fully saturated rings. The number of aromatic nitrogens is 4. The van der Waals surface area contributed by atoms with Crippen LogP contribution in [0.3, 0.4) is 0 Å². The lowest BCUT2D eigenvalue weighted by atomic mass is 10.1. The van der Waals surface area contributed by atoms with Crippen LogP contribution in [0.5, 0.6) is 0 Å². The number of halogens is 2. The number of hydrogen-bond donors (Lipinski definition) is 0. The molecule has 112 valence electrons. The molecule has 0 amide bonds. The number of rotatable bonds is 4. The fourth-order valence-electron chi connectivity index (χ4n) is 1.89. The standard InChI is InChI=1S/C14H10F2N4O2/c15-12(16)14-19-18-13(22-14)10-3-1-9(2-4-10)7-20-8-17-6-5-11(20)21/h1-6,8,12H,7H2. The Morgan fingerprint density at radius 1 is 1.14 bits per heavy atom. The Labute approximate surface area is 123 Å². The molecule has 0 radical (unpaired) electrons. The summed E-state index contributed by atoms with van der Waals surface area (Å²) in [5.41, 5.74) is 1.23. The van der Waals surface area contributed by atoms with Gasteiger partial charge < -0.3 is 4.42 Å². The Morgan fingerprint density at radius 2 is 1.91 bits per heavy atom. The van der Waals surface area contributed by atoms with Gasteiger partial charge in [-0.1, -0.05) is 12.1 Å². The van der Waals surface area contributed by atoms with Crippen molar-refractivity contribution in [2.24, 2.45) is 0 Å². The van der Waals surface area contributed by atoms with Gasteiger partial charge in [0.15, 0.2) is 0 Å². The van der Waals surface area contributed by atoms with Gasteiger partial charge >= 0.3 is 6.43 Å². The molecule has 1 aromatic carbocycles. The first-order valence-corrected chi connectivity index (χ1v) is 6.35. The predicted molar refractivity (Wildman–Crippen MR) is 72.3 cm³/mol. The lowest BCUT2D eigenvalue weighted by Crippen LogP contribution is -2.19. The van der Waals surface area contributed by atoms with E-state index in [2.05, 4.69) is 15.2 Å². The third kappa shape index (κ3) is 2.90. The molecule has 0 aliphatic heterocycles. The van der Waals surface area contributed by atoms with Gasteiger partial charge in [0, 0.05) is 17.8 Å². The quantitative estimate of drug-likeness (QED) is 0.739. The molecule has 3 aromatic rings. The average Bonchev–Trinajstić information content (AvgIpc) is 3.00. The first kappa shape index (κ1) is 14.1. The van der Waals surface area contributed by atoms with Gasteiger partial charge in [-0.15, -0.1) is 10.2 Å². The molecular weight excluding hydrogens is 294 g/mol. The lowest BCUT2D eigenvalue weighted by Gasteiger charge is -2.04. The van der Waals surface area contributed by atoms with Crippen molar-refractivity contribution in [2.45, 2.75) is 13.0 Å². The molecule has 0 N–H and O–H groups in total. The average molecular weight is 304 g/mol. The number of benzene rings is 1. The Hall–Kier alpha value is -2.90. The monoisotopic (exact) mass is 304 g/mol. The molecule has 3 rings (SSSR count). The fraction of sp³-hybridized carbons (Fsp3) is 0.143. The molecule has 22 heavy (non-hydrogen) atoms. The summed E-state index contributed by atoms with van der Waals surface area (Å²) in [6.07, 6.45) is 0.0827. The molecule has 0 saturated heterocycles. The smallest absolute Gasteiger partial charge is 0.314 e. The van der Waals surface area contributed by atoms with Crippen LogP contribution in [-0.4, -0.2) is 19.7 Å². The van der Waals surface area contributed by atoms with Crippen molar-refractivity contribution in [3.63, 3.8) is 0 Å². The number of hydrogen-bond acceptors (Lipinski definition) is 5. The number of alkyl halides is 2. The molecule has 6 nitrogen and oxygen atoms in total. The van der Waals surface area contributed by atoms with Crippen LogP contribution in [0.25, 0.3) is 11.5 Å². The van der Waals surface area contributed by atoms with Gasteiger partial charge in [-0.3, -0.25) is 9.36 Å². The van der Waals surface area contributed by atoms with E-state index in [0.29, 0.717) is 12.1 Å². The van der Waals surface area contributed by atoms with E-state index in [9.17, 15) is 13.6 Å². The molecule has 2 heterocycles. The van der Waals surface area contributed by atoms with E-state index >= 15 is 0 Å². The molecule has 0 aliphatic carbocycles. The summed E-state index contributed by atoms with van der Waals surface area (Å²) >= 11 is 0. The van der Waals surface area contributed by atoms with Crippen LogP contribution < -0.4 is 5.56 Å². The second kappa shape index (κ2) is 5.84. The van der Waals surface area contributed by atoms with Crippen molar-refractivity contribution >= 4 is 0 Å². The highest BCUT2D eigenvalue weighted by molar-refractivity contribution is 5.53. The maximum atomic E-state index is 12.4. The predicted octanol–water partition coefficient (Wildman–Crippen LogP) is 2.28. The summed E-state index contributed by atoms with van der Waals surface area (Å²) in [4.78, 5) is 15.5. The van der Waals surface area contributed by atoms with E-state index in [1.54, 1.807) is 24.3 Å². The van der Waals surface area contributed by atoms with Crippen molar-refractivity contribution in [2.75, 3.05) is 0 Å². The normalized spacial score (nSPS) is 11.0. The zero-order valence-corrected chi connectivity index (χ0v) is 11.2. The van der Waals surface area contributed by atoms with Gasteiger partial charge in [-0.25, -0.2) is 4.98 Å². The molecule has 0 bridgehead atoms. The third-order valence-electron chi connectivity index (χ3n) is 2.97. The minimum atomic E-state index is -2.79. The topological polar surface area (TPSA) is 73.8 Å². The van der Waals surface area contributed by atoms with Crippen molar-refractivity contribution < 1.29 is 13.2 Å². The Morgan fingerprint density at radius 3 is 2.55 bits per heavy atom. The summed E-state index contributed by atoms with van der Waals surface area (Å²) in [5.74, 6) is -0.679. The maximum Gasteiger partial charge on any atom is 0.314 e. The molecule has 0 atom stereocenters. The zero-order valence-electron chi connectivity index (χ0n) is 11.2. The molecule has 0 saturated carbocycles. The van der Waals surface area contributed by atoms with Crippen LogP contribution in [0.2, 0.25) is 0 Å². The van der Waals surface area contributed by atoms with Crippen LogP contribution in [0.15, 0.2) is 52.1 Å². The van der Waals surface area contributed by atoms with Crippen molar-refractivity contribution in [3.8, 4) is 11.5 Å². The summed E-state index contributed by atoms with van der Waals surface area (Å²) in [6, 6.07) is 8.21. The van der Waals surface area contributed by atoms with Crippen molar-refractivity contribution in [1.29, 1.82) is 0 Å². The summed E-state index contributed by atoms with van der Waals surface area (Å²) in [5, 5.41) is 6.85. The third-order valence-corrected chi connectivity index (χ3v) is 2.97. The van der Waals surface area contributed by atoms with E-state index in [4.69, 9.17) is 4.42 Å². The highest BCUT2D eigenvalue weighted by Crippen LogP contribution is 2.23. The maximum absolute atomic E-state index is 12.4. The van der Waals surface area contributed by atoms with Gasteiger partial charge in [0.2, 0.25) is 5.89 Å². The van der Waals surface area contributed by atoms with Crippen LogP contribution >= 0.6 is 0 Å². The first-order valence-electron chi connectivity index (χ1n) is 6.35. The molecule has 0 aliphatic rings. The van der Waals surface area contributed by atoms with E-state index < -0.39 is 12.3 Å². The SMILES string of the molecule is O=c1ccncn1Cc1ccc(-c2nnc(C(F)F)o2)cc1. The minimum Gasteiger partial charge on any atom is -0.415 e. The van der Waals surface area contributed by atoms with E-state index in [1.807, 2.05) is 0 Å². The molecular formula is C14H10F2N4O2. The van der Waals surface area contributed by atoms with Gasteiger partial charge in [-0.05, 0) is 17.7 Å². The lowest BCUT2D eigenvalue weighted by molar-refractivity contribution is 0.116. The van der Waals surface area contributed by atoms with Gasteiger partial charge in [0.25, 0.3) is 11.4 Å². The summed E-state index contributed by atoms with van der Waals surface area (Å²) in [6.45, 7) is 0.360. The van der Waals surface area contributed by atoms with E-state index in [1.165, 1.54) is 23.2 Å². The van der Waals surface area contributed by atoms with Crippen molar-refractivity contribution in [1.82, 2.24) is 19.7 Å². The van der Waals surface area contributed by atoms with Crippen LogP contribution in [-0.2, 0) is 6.54 Å². The minimum absolute atomic E-state index is 0.0281. The van der Waals surface area contributed by atoms with Gasteiger partial charge in [-0.2, -0.15) is 8.78 Å². The Balaban J connectivity index is 1.80. The number of nitrogens with zero attached hydrogens (tertiary/aromatic N) is 4. The highest BCUT2D eigenvalue weighted by atomic mass is 19.3. The Bertz CT molecular complexity index is 827. The molecule has 2 aromatic heterocycles.